The van der Waals surface area contributed by atoms with Gasteiger partial charge in [0.1, 0.15) is 5.75 Å². The van der Waals surface area contributed by atoms with Crippen molar-refractivity contribution in [2.75, 3.05) is 20.3 Å². The number of fused-ring (bicyclic) bond motifs is 3. The molecule has 3 atom stereocenters. The molecule has 0 saturated carbocycles. The molecule has 0 aliphatic carbocycles. The minimum Gasteiger partial charge on any atom is -0.493 e. The molecule has 6 heteroatoms. The van der Waals surface area contributed by atoms with Crippen LogP contribution < -0.4 is 4.74 Å². The van der Waals surface area contributed by atoms with Crippen LogP contribution in [-0.2, 0) is 19.2 Å². The third-order valence-corrected chi connectivity index (χ3v) is 4.33. The van der Waals surface area contributed by atoms with Gasteiger partial charge >= 0.3 is 5.97 Å². The van der Waals surface area contributed by atoms with Crippen LogP contribution in [0.15, 0.2) is 24.3 Å². The van der Waals surface area contributed by atoms with Gasteiger partial charge in [0.15, 0.2) is 0 Å². The second kappa shape index (κ2) is 6.58. The van der Waals surface area contributed by atoms with Gasteiger partial charge in [-0.25, -0.2) is 5.06 Å². The third-order valence-electron chi connectivity index (χ3n) is 4.33. The van der Waals surface area contributed by atoms with E-state index in [2.05, 4.69) is 4.74 Å². The molecular weight excluding hydrogens is 298 g/mol. The number of amides is 1. The maximum atomic E-state index is 12.6. The number of carbonyl (C=O) groups is 2. The predicted octanol–water partition coefficient (Wildman–Crippen LogP) is 2.10. The molecule has 2 heterocycles. The summed E-state index contributed by atoms with van der Waals surface area (Å²) in [5, 5.41) is 1.47. The van der Waals surface area contributed by atoms with Gasteiger partial charge in [-0.1, -0.05) is 25.1 Å². The van der Waals surface area contributed by atoms with Crippen LogP contribution in [-0.4, -0.2) is 37.3 Å². The number of ether oxygens (including phenoxy) is 2. The number of hydrogen-bond donors (Lipinski definition) is 0. The fourth-order valence-corrected chi connectivity index (χ4v) is 3.17. The summed E-state index contributed by atoms with van der Waals surface area (Å²) in [5.74, 6) is 0.449. The second-order valence-corrected chi connectivity index (χ2v) is 6.16. The molecule has 0 aromatic heterocycles. The van der Waals surface area contributed by atoms with E-state index in [0.29, 0.717) is 13.2 Å². The van der Waals surface area contributed by atoms with Crippen molar-refractivity contribution in [1.82, 2.24) is 5.06 Å². The Balaban J connectivity index is 1.71. The summed E-state index contributed by atoms with van der Waals surface area (Å²) in [6.45, 7) is 2.87. The molecule has 0 N–H and O–H groups in total. The van der Waals surface area contributed by atoms with Crippen LogP contribution in [0.1, 0.15) is 31.4 Å². The van der Waals surface area contributed by atoms with Gasteiger partial charge < -0.3 is 9.47 Å². The highest BCUT2D eigenvalue weighted by Gasteiger charge is 2.44. The zero-order valence-electron chi connectivity index (χ0n) is 13.4. The fraction of sp³-hybridized carbons (Fsp3) is 0.529. The first kappa shape index (κ1) is 15.8. The van der Waals surface area contributed by atoms with E-state index in [1.54, 1.807) is 0 Å². The molecular formula is C17H21NO5. The Hall–Kier alpha value is -2.08. The van der Waals surface area contributed by atoms with Crippen molar-refractivity contribution >= 4 is 11.9 Å². The standard InChI is InChI=1S/C17H21NO5/c1-11(8-16(20)21-2)7-15(19)18-17-12(10-23-18)9-22-14-6-4-3-5-13(14)17/h3-6,11-12,17H,7-10H2,1-2H3/t11-,12-,17+/m0/s1. The van der Waals surface area contributed by atoms with E-state index in [9.17, 15) is 9.59 Å². The number of benzene rings is 1. The zero-order valence-corrected chi connectivity index (χ0v) is 13.4. The van der Waals surface area contributed by atoms with Gasteiger partial charge in [-0.3, -0.25) is 14.4 Å². The number of hydroxylamine groups is 2. The van der Waals surface area contributed by atoms with Crippen LogP contribution in [0.25, 0.3) is 0 Å². The molecule has 1 amide bonds. The number of para-hydroxylation sites is 1. The molecule has 2 aliphatic rings. The second-order valence-electron chi connectivity index (χ2n) is 6.16. The molecule has 0 unspecified atom stereocenters. The Morgan fingerprint density at radius 3 is 2.87 bits per heavy atom. The van der Waals surface area contributed by atoms with E-state index in [0.717, 1.165) is 11.3 Å². The van der Waals surface area contributed by atoms with E-state index in [1.165, 1.54) is 12.2 Å². The van der Waals surface area contributed by atoms with Crippen LogP contribution in [0.3, 0.4) is 0 Å². The lowest BCUT2D eigenvalue weighted by atomic mass is 9.91. The number of rotatable bonds is 4. The van der Waals surface area contributed by atoms with Crippen molar-refractivity contribution in [3.05, 3.63) is 29.8 Å². The highest BCUT2D eigenvalue weighted by Crippen LogP contribution is 2.43. The van der Waals surface area contributed by atoms with Gasteiger partial charge in [-0.05, 0) is 12.0 Å². The van der Waals surface area contributed by atoms with Gasteiger partial charge in [0, 0.05) is 24.3 Å². The summed E-state index contributed by atoms with van der Waals surface area (Å²) < 4.78 is 10.4. The van der Waals surface area contributed by atoms with Gasteiger partial charge in [0.05, 0.1) is 26.4 Å². The smallest absolute Gasteiger partial charge is 0.305 e. The molecule has 1 fully saturated rings. The fourth-order valence-electron chi connectivity index (χ4n) is 3.17. The lowest BCUT2D eigenvalue weighted by molar-refractivity contribution is -0.178. The molecule has 124 valence electrons. The van der Waals surface area contributed by atoms with Crippen LogP contribution in [0.2, 0.25) is 0 Å². The third kappa shape index (κ3) is 3.17. The van der Waals surface area contributed by atoms with Crippen molar-refractivity contribution in [2.24, 2.45) is 11.8 Å². The summed E-state index contributed by atoms with van der Waals surface area (Å²) in [5.41, 5.74) is 0.982. The summed E-state index contributed by atoms with van der Waals surface area (Å²) >= 11 is 0. The summed E-state index contributed by atoms with van der Waals surface area (Å²) in [7, 11) is 1.35. The Morgan fingerprint density at radius 1 is 1.30 bits per heavy atom. The lowest BCUT2D eigenvalue weighted by Crippen LogP contribution is -2.35. The molecule has 23 heavy (non-hydrogen) atoms. The number of nitrogens with zero attached hydrogens (tertiary/aromatic N) is 1. The lowest BCUT2D eigenvalue weighted by Gasteiger charge is -2.31. The van der Waals surface area contributed by atoms with Crippen molar-refractivity contribution in [2.45, 2.75) is 25.8 Å². The Morgan fingerprint density at radius 2 is 2.09 bits per heavy atom. The molecule has 1 aromatic rings. The first-order valence-electron chi connectivity index (χ1n) is 7.83. The summed E-state index contributed by atoms with van der Waals surface area (Å²) in [6.07, 6.45) is 0.477. The topological polar surface area (TPSA) is 65.1 Å². The maximum Gasteiger partial charge on any atom is 0.305 e. The number of esters is 1. The van der Waals surface area contributed by atoms with Gasteiger partial charge in [-0.15, -0.1) is 0 Å². The molecule has 3 rings (SSSR count). The van der Waals surface area contributed by atoms with E-state index < -0.39 is 0 Å². The molecule has 0 radical (unpaired) electrons. The van der Waals surface area contributed by atoms with Crippen molar-refractivity contribution in [1.29, 1.82) is 0 Å². The summed E-state index contributed by atoms with van der Waals surface area (Å²) in [6, 6.07) is 7.62. The predicted molar refractivity (Wildman–Crippen MR) is 81.4 cm³/mol. The average molecular weight is 319 g/mol. The molecule has 1 saturated heterocycles. The molecule has 1 aromatic carbocycles. The molecule has 0 spiro atoms. The van der Waals surface area contributed by atoms with Gasteiger partial charge in [0.2, 0.25) is 5.91 Å². The molecule has 2 aliphatic heterocycles. The van der Waals surface area contributed by atoms with Gasteiger partial charge in [0.25, 0.3) is 0 Å². The Labute approximate surface area is 135 Å². The average Bonchev–Trinajstić information content (AvgIpc) is 2.99. The van der Waals surface area contributed by atoms with Crippen LogP contribution in [0.4, 0.5) is 0 Å². The molecule has 0 bridgehead atoms. The highest BCUT2D eigenvalue weighted by atomic mass is 16.7. The number of methoxy groups -OCH3 is 1. The van der Waals surface area contributed by atoms with Crippen LogP contribution in [0, 0.1) is 11.8 Å². The summed E-state index contributed by atoms with van der Waals surface area (Å²) in [4.78, 5) is 29.6. The number of carbonyl (C=O) groups excluding carboxylic acids is 2. The monoisotopic (exact) mass is 319 g/mol. The largest absolute Gasteiger partial charge is 0.493 e. The Kier molecular flexibility index (Phi) is 4.52. The quantitative estimate of drug-likeness (QED) is 0.795. The van der Waals surface area contributed by atoms with Crippen molar-refractivity contribution < 1.29 is 23.9 Å². The van der Waals surface area contributed by atoms with Crippen LogP contribution >= 0.6 is 0 Å². The first-order valence-corrected chi connectivity index (χ1v) is 7.83. The van der Waals surface area contributed by atoms with E-state index in [1.807, 2.05) is 31.2 Å². The normalized spacial score (nSPS) is 23.5. The molecule has 6 nitrogen and oxygen atoms in total. The van der Waals surface area contributed by atoms with E-state index >= 15 is 0 Å². The highest BCUT2D eigenvalue weighted by molar-refractivity contribution is 5.77. The van der Waals surface area contributed by atoms with E-state index in [-0.39, 0.29) is 42.6 Å². The van der Waals surface area contributed by atoms with Crippen LogP contribution in [0.5, 0.6) is 5.75 Å². The van der Waals surface area contributed by atoms with E-state index in [4.69, 9.17) is 9.57 Å². The zero-order chi connectivity index (χ0) is 16.4. The van der Waals surface area contributed by atoms with Crippen molar-refractivity contribution in [3.63, 3.8) is 0 Å². The van der Waals surface area contributed by atoms with Gasteiger partial charge in [-0.2, -0.15) is 0 Å². The maximum absolute atomic E-state index is 12.6. The van der Waals surface area contributed by atoms with Crippen molar-refractivity contribution in [3.8, 4) is 5.75 Å². The number of hydrogen-bond acceptors (Lipinski definition) is 5. The first-order chi connectivity index (χ1) is 11.1. The Bertz CT molecular complexity index is 602. The minimum absolute atomic E-state index is 0.0901. The SMILES string of the molecule is COC(=O)C[C@@H](C)CC(=O)N1OC[C@@H]2COc3ccccc3[C@@H]21. The minimum atomic E-state index is -0.304.